The Morgan fingerprint density at radius 2 is 2.50 bits per heavy atom. The Labute approximate surface area is 72.4 Å². The molecule has 1 saturated carbocycles. The zero-order valence-corrected chi connectivity index (χ0v) is 7.38. The highest BCUT2D eigenvalue weighted by Crippen LogP contribution is 2.47. The Balaban J connectivity index is 1.95. The van der Waals surface area contributed by atoms with E-state index in [0.717, 1.165) is 12.1 Å². The third-order valence-electron chi connectivity index (χ3n) is 2.93. The number of H-pyrrole nitrogens is 1. The molecule has 1 fully saturated rings. The van der Waals surface area contributed by atoms with Crippen molar-refractivity contribution < 1.29 is 0 Å². The quantitative estimate of drug-likeness (QED) is 0.704. The lowest BCUT2D eigenvalue weighted by Gasteiger charge is -2.17. The highest BCUT2D eigenvalue weighted by molar-refractivity contribution is 5.06. The van der Waals surface area contributed by atoms with E-state index in [1.807, 2.05) is 6.07 Å². The third-order valence-corrected chi connectivity index (χ3v) is 2.93. The van der Waals surface area contributed by atoms with Crippen LogP contribution in [-0.4, -0.2) is 16.2 Å². The molecule has 3 heteroatoms. The fraction of sp³-hybridized carbons (Fsp3) is 0.667. The minimum Gasteiger partial charge on any atom is -0.327 e. The summed E-state index contributed by atoms with van der Waals surface area (Å²) in [5.41, 5.74) is 7.61. The number of aromatic amines is 1. The van der Waals surface area contributed by atoms with Crippen LogP contribution in [0.15, 0.2) is 12.3 Å². The molecule has 0 saturated heterocycles. The van der Waals surface area contributed by atoms with Crippen LogP contribution in [0.2, 0.25) is 0 Å². The molecule has 2 rings (SSSR count). The fourth-order valence-electron chi connectivity index (χ4n) is 1.45. The Kier molecular flexibility index (Phi) is 1.68. The Morgan fingerprint density at radius 1 is 1.75 bits per heavy atom. The molecule has 0 aliphatic heterocycles. The van der Waals surface area contributed by atoms with Crippen LogP contribution in [0.1, 0.15) is 25.5 Å². The zero-order valence-electron chi connectivity index (χ0n) is 7.38. The highest BCUT2D eigenvalue weighted by Gasteiger charge is 2.42. The Hall–Kier alpha value is -0.830. The van der Waals surface area contributed by atoms with Gasteiger partial charge in [-0.25, -0.2) is 0 Å². The number of aromatic nitrogens is 2. The molecule has 1 aromatic rings. The van der Waals surface area contributed by atoms with E-state index in [9.17, 15) is 0 Å². The van der Waals surface area contributed by atoms with Crippen molar-refractivity contribution in [1.29, 1.82) is 0 Å². The molecule has 66 valence electrons. The first kappa shape index (κ1) is 7.80. The predicted octanol–water partition coefficient (Wildman–Crippen LogP) is 1.08. The van der Waals surface area contributed by atoms with Crippen LogP contribution >= 0.6 is 0 Å². The van der Waals surface area contributed by atoms with Gasteiger partial charge >= 0.3 is 0 Å². The number of nitrogens with zero attached hydrogens (tertiary/aromatic N) is 1. The van der Waals surface area contributed by atoms with E-state index < -0.39 is 0 Å². The molecule has 0 aromatic carbocycles. The van der Waals surface area contributed by atoms with Crippen molar-refractivity contribution in [3.05, 3.63) is 18.0 Å². The molecule has 1 aliphatic carbocycles. The molecule has 3 nitrogen and oxygen atoms in total. The molecule has 0 bridgehead atoms. The van der Waals surface area contributed by atoms with E-state index in [-0.39, 0.29) is 6.04 Å². The van der Waals surface area contributed by atoms with Crippen molar-refractivity contribution >= 4 is 0 Å². The molecule has 1 heterocycles. The lowest BCUT2D eigenvalue weighted by Crippen LogP contribution is -2.31. The normalized spacial score (nSPS) is 22.2. The Morgan fingerprint density at radius 3 is 3.00 bits per heavy atom. The van der Waals surface area contributed by atoms with Gasteiger partial charge in [-0.05, 0) is 24.3 Å². The van der Waals surface area contributed by atoms with Crippen LogP contribution in [-0.2, 0) is 6.42 Å². The van der Waals surface area contributed by atoms with Gasteiger partial charge < -0.3 is 5.73 Å². The van der Waals surface area contributed by atoms with Crippen LogP contribution in [0.25, 0.3) is 0 Å². The van der Waals surface area contributed by atoms with Crippen LogP contribution < -0.4 is 5.73 Å². The molecule has 0 radical (unpaired) electrons. The van der Waals surface area contributed by atoms with E-state index in [1.54, 1.807) is 6.20 Å². The summed E-state index contributed by atoms with van der Waals surface area (Å²) >= 11 is 0. The van der Waals surface area contributed by atoms with E-state index >= 15 is 0 Å². The molecule has 3 N–H and O–H groups in total. The molecule has 1 aromatic heterocycles. The van der Waals surface area contributed by atoms with E-state index in [0.29, 0.717) is 5.41 Å². The van der Waals surface area contributed by atoms with Crippen LogP contribution in [0.4, 0.5) is 0 Å². The molecule has 1 aliphatic rings. The molecule has 1 unspecified atom stereocenters. The summed E-state index contributed by atoms with van der Waals surface area (Å²) in [6.45, 7) is 2.26. The molecule has 1 atom stereocenters. The van der Waals surface area contributed by atoms with Gasteiger partial charge in [0.2, 0.25) is 0 Å². The number of hydrogen-bond donors (Lipinski definition) is 2. The average molecular weight is 165 g/mol. The van der Waals surface area contributed by atoms with Gasteiger partial charge in [-0.15, -0.1) is 0 Å². The predicted molar refractivity (Wildman–Crippen MR) is 47.6 cm³/mol. The molecular formula is C9H15N3. The summed E-state index contributed by atoms with van der Waals surface area (Å²) in [5.74, 6) is 0. The monoisotopic (exact) mass is 165 g/mol. The minimum atomic E-state index is 0.290. The lowest BCUT2D eigenvalue weighted by molar-refractivity contribution is 0.430. The highest BCUT2D eigenvalue weighted by atomic mass is 15.1. The second-order valence-electron chi connectivity index (χ2n) is 4.05. The number of hydrogen-bond acceptors (Lipinski definition) is 2. The zero-order chi connectivity index (χ0) is 8.60. The maximum atomic E-state index is 6.06. The maximum absolute atomic E-state index is 6.06. The van der Waals surface area contributed by atoms with Crippen LogP contribution in [0.5, 0.6) is 0 Å². The molecule has 0 amide bonds. The smallest absolute Gasteiger partial charge is 0.0490 e. The van der Waals surface area contributed by atoms with Gasteiger partial charge in [0.25, 0.3) is 0 Å². The second-order valence-corrected chi connectivity index (χ2v) is 4.05. The van der Waals surface area contributed by atoms with Crippen molar-refractivity contribution in [3.63, 3.8) is 0 Å². The SMILES string of the molecule is CC1(C(N)Cc2ccn[nH]2)CC1. The van der Waals surface area contributed by atoms with E-state index in [1.165, 1.54) is 12.8 Å². The van der Waals surface area contributed by atoms with Gasteiger partial charge in [-0.2, -0.15) is 5.10 Å². The van der Waals surface area contributed by atoms with Crippen molar-refractivity contribution in [2.75, 3.05) is 0 Å². The topological polar surface area (TPSA) is 54.7 Å². The van der Waals surface area contributed by atoms with Gasteiger partial charge in [-0.1, -0.05) is 6.92 Å². The minimum absolute atomic E-state index is 0.290. The summed E-state index contributed by atoms with van der Waals surface area (Å²) < 4.78 is 0. The average Bonchev–Trinajstić information content (AvgIpc) is 2.63. The van der Waals surface area contributed by atoms with Crippen molar-refractivity contribution in [2.24, 2.45) is 11.1 Å². The molecule has 0 spiro atoms. The number of rotatable bonds is 3. The fourth-order valence-corrected chi connectivity index (χ4v) is 1.45. The van der Waals surface area contributed by atoms with Gasteiger partial charge in [0.05, 0.1) is 0 Å². The summed E-state index contributed by atoms with van der Waals surface area (Å²) in [7, 11) is 0. The van der Waals surface area contributed by atoms with Crippen molar-refractivity contribution in [1.82, 2.24) is 10.2 Å². The summed E-state index contributed by atoms with van der Waals surface area (Å²) in [6.07, 6.45) is 5.26. The first-order valence-electron chi connectivity index (χ1n) is 4.44. The summed E-state index contributed by atoms with van der Waals surface area (Å²) in [5, 5.41) is 6.84. The van der Waals surface area contributed by atoms with E-state index in [4.69, 9.17) is 5.73 Å². The van der Waals surface area contributed by atoms with Gasteiger partial charge in [0.1, 0.15) is 0 Å². The third kappa shape index (κ3) is 1.37. The largest absolute Gasteiger partial charge is 0.327 e. The second kappa shape index (κ2) is 2.59. The van der Waals surface area contributed by atoms with Gasteiger partial charge in [-0.3, -0.25) is 5.10 Å². The molecule has 12 heavy (non-hydrogen) atoms. The van der Waals surface area contributed by atoms with Crippen LogP contribution in [0, 0.1) is 5.41 Å². The van der Waals surface area contributed by atoms with Crippen molar-refractivity contribution in [3.8, 4) is 0 Å². The van der Waals surface area contributed by atoms with Crippen LogP contribution in [0.3, 0.4) is 0 Å². The summed E-state index contributed by atoms with van der Waals surface area (Å²) in [4.78, 5) is 0. The van der Waals surface area contributed by atoms with Crippen molar-refractivity contribution in [2.45, 2.75) is 32.2 Å². The van der Waals surface area contributed by atoms with Gasteiger partial charge in [0.15, 0.2) is 0 Å². The standard InChI is InChI=1S/C9H15N3/c1-9(3-4-9)8(10)6-7-2-5-11-12-7/h2,5,8H,3-4,6,10H2,1H3,(H,11,12). The maximum Gasteiger partial charge on any atom is 0.0490 e. The molecular weight excluding hydrogens is 150 g/mol. The first-order chi connectivity index (χ1) is 5.71. The van der Waals surface area contributed by atoms with E-state index in [2.05, 4.69) is 17.1 Å². The Bertz CT molecular complexity index is 249. The lowest BCUT2D eigenvalue weighted by atomic mass is 9.96. The van der Waals surface area contributed by atoms with Gasteiger partial charge in [0, 0.05) is 24.4 Å². The number of nitrogens with two attached hydrogens (primary N) is 1. The number of nitrogens with one attached hydrogen (secondary N) is 1. The first-order valence-corrected chi connectivity index (χ1v) is 4.44. The summed E-state index contributed by atoms with van der Waals surface area (Å²) in [6, 6.07) is 2.28.